The van der Waals surface area contributed by atoms with Gasteiger partial charge in [0.15, 0.2) is 11.0 Å². The summed E-state index contributed by atoms with van der Waals surface area (Å²) < 4.78 is 43.9. The van der Waals surface area contributed by atoms with Crippen LogP contribution in [0, 0.1) is 6.92 Å². The molecule has 2 unspecified atom stereocenters. The first kappa shape index (κ1) is 22.0. The number of rotatable bonds is 9. The van der Waals surface area contributed by atoms with E-state index in [4.69, 9.17) is 4.74 Å². The van der Waals surface area contributed by atoms with Crippen molar-refractivity contribution in [3.63, 3.8) is 0 Å². The van der Waals surface area contributed by atoms with Crippen LogP contribution in [0.4, 0.5) is 20.4 Å². The number of aryl methyl sites for hydroxylation is 1. The molecular formula is C18H20F2N6O2S2. The monoisotopic (exact) mass is 454 g/mol. The number of nitrogens with zero attached hydrogens (tertiary/aromatic N) is 4. The Kier molecular flexibility index (Phi) is 7.21. The second-order valence-corrected chi connectivity index (χ2v) is 8.59. The zero-order chi connectivity index (χ0) is 21.7. The molecule has 0 saturated carbocycles. The molecule has 160 valence electrons. The number of alkyl halides is 2. The summed E-state index contributed by atoms with van der Waals surface area (Å²) in [5.41, 5.74) is 0.842. The molecule has 0 fully saturated rings. The van der Waals surface area contributed by atoms with E-state index >= 15 is 0 Å². The van der Waals surface area contributed by atoms with Crippen molar-refractivity contribution in [3.8, 4) is 22.3 Å². The van der Waals surface area contributed by atoms with Gasteiger partial charge in [0.05, 0.1) is 22.6 Å². The van der Waals surface area contributed by atoms with E-state index in [9.17, 15) is 13.0 Å². The smallest absolute Gasteiger partial charge is 0.330 e. The Morgan fingerprint density at radius 1 is 1.23 bits per heavy atom. The fourth-order valence-electron chi connectivity index (χ4n) is 2.28. The number of thiazole rings is 1. The Morgan fingerprint density at radius 2 is 2.03 bits per heavy atom. The summed E-state index contributed by atoms with van der Waals surface area (Å²) in [6, 6.07) is 4.91. The third-order valence-corrected chi connectivity index (χ3v) is 5.63. The number of hydrogen-bond acceptors (Lipinski definition) is 8. The number of aromatic nitrogens is 4. The molecule has 0 bridgehead atoms. The summed E-state index contributed by atoms with van der Waals surface area (Å²) in [6.07, 6.45) is 3.85. The van der Waals surface area contributed by atoms with Gasteiger partial charge in [0.1, 0.15) is 4.88 Å². The average molecular weight is 455 g/mol. The SMILES string of the molecule is CCC(C)Nc1nccc(-c2sc(C)nc2Oc2ccc(NS(=O)C(F)F)cn2)n1. The lowest BCUT2D eigenvalue weighted by Gasteiger charge is -2.11. The van der Waals surface area contributed by atoms with Gasteiger partial charge in [0.25, 0.3) is 0 Å². The molecule has 3 aromatic rings. The second kappa shape index (κ2) is 9.85. The minimum atomic E-state index is -2.99. The van der Waals surface area contributed by atoms with Crippen LogP contribution in [0.25, 0.3) is 10.6 Å². The van der Waals surface area contributed by atoms with Gasteiger partial charge >= 0.3 is 5.76 Å². The molecule has 0 radical (unpaired) electrons. The molecule has 0 aliphatic carbocycles. The number of pyridine rings is 1. The van der Waals surface area contributed by atoms with Gasteiger partial charge in [-0.2, -0.15) is 8.78 Å². The van der Waals surface area contributed by atoms with Crippen LogP contribution in [0.3, 0.4) is 0 Å². The molecule has 12 heteroatoms. The number of hydrogen-bond donors (Lipinski definition) is 2. The van der Waals surface area contributed by atoms with E-state index in [0.717, 1.165) is 11.4 Å². The van der Waals surface area contributed by atoms with Crippen LogP contribution >= 0.6 is 11.3 Å². The molecule has 0 aliphatic rings. The topological polar surface area (TPSA) is 102 Å². The van der Waals surface area contributed by atoms with Crippen molar-refractivity contribution in [1.82, 2.24) is 19.9 Å². The third kappa shape index (κ3) is 5.66. The molecule has 30 heavy (non-hydrogen) atoms. The van der Waals surface area contributed by atoms with E-state index in [1.165, 1.54) is 29.7 Å². The van der Waals surface area contributed by atoms with Gasteiger partial charge in [-0.25, -0.2) is 24.1 Å². The molecule has 3 aromatic heterocycles. The van der Waals surface area contributed by atoms with Gasteiger partial charge in [-0.1, -0.05) is 6.92 Å². The second-order valence-electron chi connectivity index (χ2n) is 6.23. The first-order valence-corrected chi connectivity index (χ1v) is 11.0. The lowest BCUT2D eigenvalue weighted by Crippen LogP contribution is -2.15. The fraction of sp³-hybridized carbons (Fsp3) is 0.333. The molecule has 8 nitrogen and oxygen atoms in total. The third-order valence-electron chi connectivity index (χ3n) is 3.90. The highest BCUT2D eigenvalue weighted by atomic mass is 32.2. The van der Waals surface area contributed by atoms with Crippen LogP contribution in [0.1, 0.15) is 25.3 Å². The normalized spacial score (nSPS) is 13.1. The molecule has 3 heterocycles. The number of halogens is 2. The predicted molar refractivity (Wildman–Crippen MR) is 113 cm³/mol. The maximum atomic E-state index is 12.4. The summed E-state index contributed by atoms with van der Waals surface area (Å²) in [4.78, 5) is 17.9. The van der Waals surface area contributed by atoms with Crippen molar-refractivity contribution in [2.75, 3.05) is 10.0 Å². The van der Waals surface area contributed by atoms with Gasteiger partial charge in [-0.15, -0.1) is 11.3 Å². The molecule has 3 rings (SSSR count). The van der Waals surface area contributed by atoms with Crippen molar-refractivity contribution in [2.24, 2.45) is 0 Å². The van der Waals surface area contributed by atoms with E-state index in [2.05, 4.69) is 36.9 Å². The van der Waals surface area contributed by atoms with Crippen molar-refractivity contribution in [1.29, 1.82) is 0 Å². The van der Waals surface area contributed by atoms with Crippen molar-refractivity contribution in [3.05, 3.63) is 35.6 Å². The molecular weight excluding hydrogens is 434 g/mol. The Labute approximate surface area is 178 Å². The maximum absolute atomic E-state index is 12.4. The van der Waals surface area contributed by atoms with Gasteiger partial charge in [-0.05, 0) is 32.4 Å². The Hall–Kier alpha value is -2.73. The molecule has 0 saturated heterocycles. The van der Waals surface area contributed by atoms with Gasteiger partial charge in [-0.3, -0.25) is 4.72 Å². The van der Waals surface area contributed by atoms with Crippen LogP contribution in [0.5, 0.6) is 11.8 Å². The molecule has 0 aliphatic heterocycles. The van der Waals surface area contributed by atoms with Crippen molar-refractivity contribution in [2.45, 2.75) is 39.0 Å². The van der Waals surface area contributed by atoms with E-state index in [1.54, 1.807) is 12.3 Å². The highest BCUT2D eigenvalue weighted by molar-refractivity contribution is 7.86. The minimum Gasteiger partial charge on any atom is -0.419 e. The van der Waals surface area contributed by atoms with Crippen molar-refractivity contribution >= 4 is 34.0 Å². The fourth-order valence-corrected chi connectivity index (χ4v) is 3.54. The highest BCUT2D eigenvalue weighted by Crippen LogP contribution is 2.36. The zero-order valence-corrected chi connectivity index (χ0v) is 18.1. The van der Waals surface area contributed by atoms with Crippen LogP contribution in [-0.4, -0.2) is 35.9 Å². The number of ether oxygens (including phenoxy) is 1. The highest BCUT2D eigenvalue weighted by Gasteiger charge is 2.17. The lowest BCUT2D eigenvalue weighted by atomic mass is 10.3. The Balaban J connectivity index is 1.79. The average Bonchev–Trinajstić information content (AvgIpc) is 3.09. The quantitative estimate of drug-likeness (QED) is 0.487. The summed E-state index contributed by atoms with van der Waals surface area (Å²) in [6.45, 7) is 5.96. The van der Waals surface area contributed by atoms with E-state index in [-0.39, 0.29) is 17.6 Å². The van der Waals surface area contributed by atoms with Gasteiger partial charge in [0, 0.05) is 18.3 Å². The van der Waals surface area contributed by atoms with Crippen LogP contribution in [0.15, 0.2) is 30.6 Å². The van der Waals surface area contributed by atoms with Crippen LogP contribution < -0.4 is 14.8 Å². The Morgan fingerprint density at radius 3 is 2.70 bits per heavy atom. The summed E-state index contributed by atoms with van der Waals surface area (Å²) in [5, 5.41) is 4.01. The summed E-state index contributed by atoms with van der Waals surface area (Å²) >= 11 is 1.42. The molecule has 2 N–H and O–H groups in total. The first-order chi connectivity index (χ1) is 14.4. The van der Waals surface area contributed by atoms with Crippen LogP contribution in [-0.2, 0) is 11.0 Å². The minimum absolute atomic E-state index is 0.187. The first-order valence-electron chi connectivity index (χ1n) is 9.02. The summed E-state index contributed by atoms with van der Waals surface area (Å²) in [7, 11) is -2.50. The molecule has 0 aromatic carbocycles. The molecule has 2 atom stereocenters. The number of anilines is 2. The zero-order valence-electron chi connectivity index (χ0n) is 16.4. The largest absolute Gasteiger partial charge is 0.419 e. The molecule has 0 spiro atoms. The predicted octanol–water partition coefficient (Wildman–Crippen LogP) is 4.60. The van der Waals surface area contributed by atoms with Gasteiger partial charge < -0.3 is 10.1 Å². The van der Waals surface area contributed by atoms with E-state index in [1.807, 2.05) is 13.8 Å². The Bertz CT molecular complexity index is 1020. The summed E-state index contributed by atoms with van der Waals surface area (Å²) in [5.74, 6) is -1.94. The molecule has 0 amide bonds. The van der Waals surface area contributed by atoms with Crippen molar-refractivity contribution < 1.29 is 17.7 Å². The van der Waals surface area contributed by atoms with E-state index < -0.39 is 16.7 Å². The standard InChI is InChI=1S/C18H20F2N6O2S2/c1-4-10(2)23-18-21-8-7-13(25-18)15-16(24-11(3)29-15)28-14-6-5-12(9-22-14)26-30(27)17(19)20/h5-10,17,26H,4H2,1-3H3,(H,21,23,25). The van der Waals surface area contributed by atoms with Gasteiger partial charge in [0.2, 0.25) is 17.7 Å². The lowest BCUT2D eigenvalue weighted by molar-refractivity contribution is 0.244. The van der Waals surface area contributed by atoms with E-state index in [0.29, 0.717) is 22.4 Å². The maximum Gasteiger partial charge on any atom is 0.330 e. The number of nitrogens with one attached hydrogen (secondary N) is 2. The van der Waals surface area contributed by atoms with Crippen LogP contribution in [0.2, 0.25) is 0 Å².